The number of hydrogen-bond donors (Lipinski definition) is 1. The second-order valence-corrected chi connectivity index (χ2v) is 6.52. The SMILES string of the molecule is CC.COc1ncc(-c2ccc(OCF)cc2)cc1Nc1ccnc(N2CCOCC2)n1. The number of nitrogens with one attached hydrogen (secondary N) is 1. The van der Waals surface area contributed by atoms with Crippen LogP contribution in [0.3, 0.4) is 0 Å². The minimum Gasteiger partial charge on any atom is -0.480 e. The Morgan fingerprint density at radius 1 is 1.06 bits per heavy atom. The van der Waals surface area contributed by atoms with E-state index in [9.17, 15) is 4.39 Å². The van der Waals surface area contributed by atoms with Crippen LogP contribution in [0.15, 0.2) is 48.8 Å². The predicted molar refractivity (Wildman–Crippen MR) is 123 cm³/mol. The van der Waals surface area contributed by atoms with Gasteiger partial charge in [-0.25, -0.2) is 14.4 Å². The van der Waals surface area contributed by atoms with Gasteiger partial charge in [-0.05, 0) is 29.8 Å². The van der Waals surface area contributed by atoms with Gasteiger partial charge in [0, 0.05) is 31.0 Å². The molecule has 0 saturated carbocycles. The van der Waals surface area contributed by atoms with Gasteiger partial charge >= 0.3 is 0 Å². The zero-order valence-electron chi connectivity index (χ0n) is 18.5. The number of halogens is 1. The Bertz CT molecular complexity index is 982. The number of hydrogen-bond acceptors (Lipinski definition) is 8. The van der Waals surface area contributed by atoms with Crippen LogP contribution in [0, 0.1) is 0 Å². The van der Waals surface area contributed by atoms with Crippen molar-refractivity contribution in [3.05, 3.63) is 48.8 Å². The Morgan fingerprint density at radius 3 is 2.50 bits per heavy atom. The van der Waals surface area contributed by atoms with Crippen molar-refractivity contribution < 1.29 is 18.6 Å². The second-order valence-electron chi connectivity index (χ2n) is 6.52. The lowest BCUT2D eigenvalue weighted by Gasteiger charge is -2.26. The van der Waals surface area contributed by atoms with Gasteiger partial charge in [0.2, 0.25) is 18.7 Å². The fourth-order valence-electron chi connectivity index (χ4n) is 3.14. The van der Waals surface area contributed by atoms with Crippen molar-refractivity contribution in [3.63, 3.8) is 0 Å². The lowest BCUT2D eigenvalue weighted by Crippen LogP contribution is -2.37. The highest BCUT2D eigenvalue weighted by Crippen LogP contribution is 2.31. The smallest absolute Gasteiger partial charge is 0.237 e. The quantitative estimate of drug-likeness (QED) is 0.576. The first-order valence-corrected chi connectivity index (χ1v) is 10.5. The molecule has 0 atom stereocenters. The highest BCUT2D eigenvalue weighted by molar-refractivity contribution is 5.72. The normalized spacial score (nSPS) is 13.1. The summed E-state index contributed by atoms with van der Waals surface area (Å²) < 4.78 is 28.0. The van der Waals surface area contributed by atoms with Crippen LogP contribution < -0.4 is 19.7 Å². The third kappa shape index (κ3) is 5.82. The molecule has 0 radical (unpaired) electrons. The summed E-state index contributed by atoms with van der Waals surface area (Å²) >= 11 is 0. The fourth-order valence-corrected chi connectivity index (χ4v) is 3.14. The monoisotopic (exact) mass is 441 g/mol. The summed E-state index contributed by atoms with van der Waals surface area (Å²) in [5.74, 6) is 2.20. The number of methoxy groups -OCH3 is 1. The molecule has 1 aliphatic rings. The molecule has 0 spiro atoms. The molecular formula is C23H28FN5O3. The van der Waals surface area contributed by atoms with Crippen LogP contribution in [0.1, 0.15) is 13.8 Å². The summed E-state index contributed by atoms with van der Waals surface area (Å²) in [6, 6.07) is 10.8. The molecule has 0 unspecified atom stereocenters. The topological polar surface area (TPSA) is 81.6 Å². The molecule has 1 aromatic carbocycles. The van der Waals surface area contributed by atoms with Crippen molar-refractivity contribution in [2.24, 2.45) is 0 Å². The van der Waals surface area contributed by atoms with Gasteiger partial charge < -0.3 is 24.4 Å². The number of anilines is 3. The second kappa shape index (κ2) is 11.8. The first-order chi connectivity index (χ1) is 15.8. The highest BCUT2D eigenvalue weighted by atomic mass is 19.1. The number of nitrogens with zero attached hydrogens (tertiary/aromatic N) is 4. The molecule has 2 aromatic heterocycles. The van der Waals surface area contributed by atoms with Gasteiger partial charge in [0.1, 0.15) is 17.3 Å². The Morgan fingerprint density at radius 2 is 1.81 bits per heavy atom. The number of rotatable bonds is 7. The maximum absolute atomic E-state index is 12.3. The van der Waals surface area contributed by atoms with E-state index >= 15 is 0 Å². The number of morpholine rings is 1. The molecule has 4 rings (SSSR count). The van der Waals surface area contributed by atoms with Crippen LogP contribution in [-0.2, 0) is 4.74 Å². The largest absolute Gasteiger partial charge is 0.480 e. The minimum atomic E-state index is -0.858. The van der Waals surface area contributed by atoms with Crippen LogP contribution in [0.25, 0.3) is 11.1 Å². The molecular weight excluding hydrogens is 413 g/mol. The van der Waals surface area contributed by atoms with Gasteiger partial charge in [0.25, 0.3) is 0 Å². The van der Waals surface area contributed by atoms with Crippen molar-refractivity contribution >= 4 is 17.5 Å². The van der Waals surface area contributed by atoms with E-state index in [0.29, 0.717) is 42.3 Å². The maximum atomic E-state index is 12.3. The van der Waals surface area contributed by atoms with E-state index in [1.165, 1.54) is 0 Å². The van der Waals surface area contributed by atoms with E-state index in [2.05, 4.69) is 25.2 Å². The first kappa shape index (κ1) is 23.2. The van der Waals surface area contributed by atoms with E-state index in [1.54, 1.807) is 37.7 Å². The Hall–Kier alpha value is -3.46. The summed E-state index contributed by atoms with van der Waals surface area (Å²) in [6.45, 7) is 5.98. The summed E-state index contributed by atoms with van der Waals surface area (Å²) in [5.41, 5.74) is 2.45. The van der Waals surface area contributed by atoms with Gasteiger partial charge in [-0.3, -0.25) is 0 Å². The molecule has 1 fully saturated rings. The molecule has 1 N–H and O–H groups in total. The molecule has 32 heavy (non-hydrogen) atoms. The number of benzene rings is 1. The van der Waals surface area contributed by atoms with Gasteiger partial charge in [0.05, 0.1) is 20.3 Å². The molecule has 0 bridgehead atoms. The van der Waals surface area contributed by atoms with Gasteiger partial charge in [-0.2, -0.15) is 4.98 Å². The molecule has 8 nitrogen and oxygen atoms in total. The average molecular weight is 442 g/mol. The van der Waals surface area contributed by atoms with E-state index in [1.807, 2.05) is 32.0 Å². The average Bonchev–Trinajstić information content (AvgIpc) is 2.87. The summed E-state index contributed by atoms with van der Waals surface area (Å²) in [4.78, 5) is 15.5. The van der Waals surface area contributed by atoms with Crippen molar-refractivity contribution in [3.8, 4) is 22.8 Å². The van der Waals surface area contributed by atoms with Gasteiger partial charge in [-0.1, -0.05) is 26.0 Å². The zero-order valence-corrected chi connectivity index (χ0v) is 18.5. The third-order valence-electron chi connectivity index (χ3n) is 4.65. The van der Waals surface area contributed by atoms with Crippen LogP contribution in [0.4, 0.5) is 21.8 Å². The van der Waals surface area contributed by atoms with Crippen molar-refractivity contribution in [2.45, 2.75) is 13.8 Å². The number of pyridine rings is 1. The Labute approximate surface area is 187 Å². The van der Waals surface area contributed by atoms with Crippen LogP contribution in [0.5, 0.6) is 11.6 Å². The van der Waals surface area contributed by atoms with Crippen molar-refractivity contribution in [2.75, 3.05) is 50.5 Å². The maximum Gasteiger partial charge on any atom is 0.237 e. The van der Waals surface area contributed by atoms with E-state index in [4.69, 9.17) is 14.2 Å². The van der Waals surface area contributed by atoms with E-state index < -0.39 is 6.86 Å². The molecule has 170 valence electrons. The summed E-state index contributed by atoms with van der Waals surface area (Å²) in [5, 5.41) is 3.27. The Balaban J connectivity index is 0.00000141. The van der Waals surface area contributed by atoms with Gasteiger partial charge in [-0.15, -0.1) is 0 Å². The molecule has 3 heterocycles. The van der Waals surface area contributed by atoms with Crippen LogP contribution >= 0.6 is 0 Å². The highest BCUT2D eigenvalue weighted by Gasteiger charge is 2.15. The number of alkyl halides is 1. The molecule has 3 aromatic rings. The molecule has 1 saturated heterocycles. The van der Waals surface area contributed by atoms with E-state index in [0.717, 1.165) is 24.2 Å². The van der Waals surface area contributed by atoms with Crippen LogP contribution in [-0.4, -0.2) is 55.2 Å². The van der Waals surface area contributed by atoms with E-state index in [-0.39, 0.29) is 0 Å². The molecule has 0 amide bonds. The standard InChI is InChI=1S/C21H22FN5O3.C2H6/c1-28-20-18(12-16(13-24-20)15-2-4-17(5-3-15)30-14-22)25-19-6-7-23-21(26-19)27-8-10-29-11-9-27;1-2/h2-7,12-13H,8-11,14H2,1H3,(H,23,25,26);1-2H3. The number of ether oxygens (including phenoxy) is 3. The third-order valence-corrected chi connectivity index (χ3v) is 4.65. The Kier molecular flexibility index (Phi) is 8.56. The molecule has 0 aliphatic carbocycles. The fraction of sp³-hybridized carbons (Fsp3) is 0.348. The van der Waals surface area contributed by atoms with Crippen molar-refractivity contribution in [1.29, 1.82) is 0 Å². The van der Waals surface area contributed by atoms with Crippen molar-refractivity contribution in [1.82, 2.24) is 15.0 Å². The minimum absolute atomic E-state index is 0.447. The zero-order chi connectivity index (χ0) is 22.8. The molecule has 9 heteroatoms. The predicted octanol–water partition coefficient (Wildman–Crippen LogP) is 4.46. The van der Waals surface area contributed by atoms with Crippen LogP contribution in [0.2, 0.25) is 0 Å². The lowest BCUT2D eigenvalue weighted by atomic mass is 10.1. The summed E-state index contributed by atoms with van der Waals surface area (Å²) in [7, 11) is 1.56. The first-order valence-electron chi connectivity index (χ1n) is 10.5. The molecule has 1 aliphatic heterocycles. The summed E-state index contributed by atoms with van der Waals surface area (Å²) in [6.07, 6.45) is 3.43. The number of aromatic nitrogens is 3. The van der Waals surface area contributed by atoms with Gasteiger partial charge in [0.15, 0.2) is 0 Å². The lowest BCUT2D eigenvalue weighted by molar-refractivity contribution is 0.122.